The summed E-state index contributed by atoms with van der Waals surface area (Å²) in [6, 6.07) is 6.22. The average Bonchev–Trinajstić information content (AvgIpc) is 2.81. The van der Waals surface area contributed by atoms with Gasteiger partial charge in [0.1, 0.15) is 0 Å². The Morgan fingerprint density at radius 3 is 3.17 bits per heavy atom. The molecule has 4 rings (SSSR count). The number of benzene rings is 1. The lowest BCUT2D eigenvalue weighted by Crippen LogP contribution is -2.33. The molecule has 1 aliphatic heterocycles. The Labute approximate surface area is 105 Å². The number of pyridine rings is 1. The van der Waals surface area contributed by atoms with E-state index in [2.05, 4.69) is 22.0 Å². The molecule has 0 spiro atoms. The fourth-order valence-corrected chi connectivity index (χ4v) is 3.52. The molecule has 0 bridgehead atoms. The van der Waals surface area contributed by atoms with E-state index in [-0.39, 0.29) is 5.43 Å². The second-order valence-electron chi connectivity index (χ2n) is 5.49. The number of nitrogens with one attached hydrogen (secondary N) is 1. The number of hydrogen-bond acceptors (Lipinski definition) is 2. The monoisotopic (exact) mass is 240 g/mol. The first-order chi connectivity index (χ1) is 8.75. The Kier molecular flexibility index (Phi) is 1.98. The van der Waals surface area contributed by atoms with Crippen LogP contribution in [0.4, 0.5) is 0 Å². The summed E-state index contributed by atoms with van der Waals surface area (Å²) < 4.78 is 2.31. The van der Waals surface area contributed by atoms with Gasteiger partial charge in [0.2, 0.25) is 0 Å². The van der Waals surface area contributed by atoms with E-state index in [1.54, 1.807) is 0 Å². The highest BCUT2D eigenvalue weighted by Gasteiger charge is 2.31. The van der Waals surface area contributed by atoms with Crippen LogP contribution in [0.15, 0.2) is 23.0 Å². The smallest absolute Gasteiger partial charge is 0.192 e. The Balaban J connectivity index is 2.20. The van der Waals surface area contributed by atoms with Crippen molar-refractivity contribution >= 4 is 10.9 Å². The molecule has 18 heavy (non-hydrogen) atoms. The zero-order chi connectivity index (χ0) is 12.3. The van der Waals surface area contributed by atoms with Crippen molar-refractivity contribution in [3.8, 4) is 0 Å². The Hall–Kier alpha value is -1.61. The summed E-state index contributed by atoms with van der Waals surface area (Å²) in [5.41, 5.74) is 4.88. The van der Waals surface area contributed by atoms with Gasteiger partial charge in [-0.2, -0.15) is 0 Å². The van der Waals surface area contributed by atoms with Crippen LogP contribution in [0.2, 0.25) is 0 Å². The van der Waals surface area contributed by atoms with Crippen LogP contribution in [0, 0.1) is 6.92 Å². The molecule has 0 fully saturated rings. The van der Waals surface area contributed by atoms with Crippen LogP contribution in [-0.2, 0) is 13.1 Å². The molecule has 1 aromatic carbocycles. The molecule has 2 aliphatic rings. The van der Waals surface area contributed by atoms with Gasteiger partial charge in [-0.3, -0.25) is 10.1 Å². The molecule has 3 nitrogen and oxygen atoms in total. The van der Waals surface area contributed by atoms with Crippen molar-refractivity contribution in [1.82, 2.24) is 9.88 Å². The molecule has 0 radical (unpaired) electrons. The molecule has 2 heterocycles. The standard InChI is InChI=1S/C15H16N2O/c1-9-2-5-13-12(6-9)15(18)11-4-3-10-7-16-8-17(13)14(10)11/h2,5-6,10,16H,3-4,7-8H2,1H3. The minimum Gasteiger partial charge on any atom is -0.330 e. The topological polar surface area (TPSA) is 34.0 Å². The number of hydrogen-bond donors (Lipinski definition) is 1. The van der Waals surface area contributed by atoms with Crippen LogP contribution < -0.4 is 10.7 Å². The van der Waals surface area contributed by atoms with Crippen molar-refractivity contribution in [3.05, 3.63) is 45.2 Å². The molecular formula is C15H16N2O. The maximum atomic E-state index is 12.6. The van der Waals surface area contributed by atoms with Gasteiger partial charge in [-0.1, -0.05) is 11.6 Å². The fraction of sp³-hybridized carbons (Fsp3) is 0.400. The lowest BCUT2D eigenvalue weighted by molar-refractivity contribution is 0.444. The second-order valence-corrected chi connectivity index (χ2v) is 5.49. The van der Waals surface area contributed by atoms with E-state index in [0.717, 1.165) is 48.1 Å². The van der Waals surface area contributed by atoms with Gasteiger partial charge in [-0.15, -0.1) is 0 Å². The molecule has 1 aromatic heterocycles. The summed E-state index contributed by atoms with van der Waals surface area (Å²) in [5.74, 6) is 0.534. The lowest BCUT2D eigenvalue weighted by atomic mass is 10.0. The average molecular weight is 240 g/mol. The molecule has 92 valence electrons. The predicted octanol–water partition coefficient (Wildman–Crippen LogP) is 1.90. The van der Waals surface area contributed by atoms with Crippen molar-refractivity contribution in [3.63, 3.8) is 0 Å². The summed E-state index contributed by atoms with van der Waals surface area (Å²) in [4.78, 5) is 12.6. The number of fused-ring (bicyclic) bond motifs is 2. The molecule has 0 amide bonds. The van der Waals surface area contributed by atoms with E-state index in [9.17, 15) is 4.79 Å². The summed E-state index contributed by atoms with van der Waals surface area (Å²) >= 11 is 0. The summed E-state index contributed by atoms with van der Waals surface area (Å²) in [6.07, 6.45) is 2.07. The van der Waals surface area contributed by atoms with Crippen LogP contribution in [0.5, 0.6) is 0 Å². The predicted molar refractivity (Wildman–Crippen MR) is 72.0 cm³/mol. The third kappa shape index (κ3) is 1.20. The number of nitrogens with zero attached hydrogens (tertiary/aromatic N) is 1. The summed E-state index contributed by atoms with van der Waals surface area (Å²) in [6.45, 7) is 3.89. The molecule has 3 heteroatoms. The maximum Gasteiger partial charge on any atom is 0.192 e. The fourth-order valence-electron chi connectivity index (χ4n) is 3.52. The van der Waals surface area contributed by atoms with Gasteiger partial charge in [0.25, 0.3) is 0 Å². The SMILES string of the molecule is Cc1ccc2c(c1)c(=O)c1c3n2CNCC3CC1. The van der Waals surface area contributed by atoms with Crippen LogP contribution in [0.25, 0.3) is 10.9 Å². The quantitative estimate of drug-likeness (QED) is 0.763. The number of aryl methyl sites for hydroxylation is 1. The van der Waals surface area contributed by atoms with E-state index in [1.807, 2.05) is 13.0 Å². The zero-order valence-corrected chi connectivity index (χ0v) is 10.5. The van der Waals surface area contributed by atoms with E-state index in [0.29, 0.717) is 5.92 Å². The summed E-state index contributed by atoms with van der Waals surface area (Å²) in [5, 5.41) is 4.35. The van der Waals surface area contributed by atoms with Crippen LogP contribution in [0.1, 0.15) is 29.2 Å². The van der Waals surface area contributed by atoms with Crippen molar-refractivity contribution in [1.29, 1.82) is 0 Å². The molecule has 1 N–H and O–H groups in total. The highest BCUT2D eigenvalue weighted by molar-refractivity contribution is 5.81. The first-order valence-electron chi connectivity index (χ1n) is 6.62. The van der Waals surface area contributed by atoms with Crippen molar-refractivity contribution in [2.75, 3.05) is 6.54 Å². The largest absolute Gasteiger partial charge is 0.330 e. The minimum absolute atomic E-state index is 0.268. The third-order valence-electron chi connectivity index (χ3n) is 4.35. The molecule has 0 saturated carbocycles. The third-order valence-corrected chi connectivity index (χ3v) is 4.35. The van der Waals surface area contributed by atoms with Crippen molar-refractivity contribution < 1.29 is 0 Å². The van der Waals surface area contributed by atoms with Crippen molar-refractivity contribution in [2.45, 2.75) is 32.4 Å². The highest BCUT2D eigenvalue weighted by Crippen LogP contribution is 2.34. The molecule has 2 aromatic rings. The Morgan fingerprint density at radius 2 is 2.28 bits per heavy atom. The molecule has 1 unspecified atom stereocenters. The second kappa shape index (κ2) is 3.45. The highest BCUT2D eigenvalue weighted by atomic mass is 16.1. The van der Waals surface area contributed by atoms with E-state index in [4.69, 9.17) is 0 Å². The number of rotatable bonds is 0. The Bertz CT molecular complexity index is 714. The van der Waals surface area contributed by atoms with Gasteiger partial charge >= 0.3 is 0 Å². The van der Waals surface area contributed by atoms with Gasteiger partial charge in [0.05, 0.1) is 12.2 Å². The first-order valence-corrected chi connectivity index (χ1v) is 6.62. The van der Waals surface area contributed by atoms with E-state index >= 15 is 0 Å². The van der Waals surface area contributed by atoms with E-state index in [1.165, 1.54) is 5.69 Å². The molecule has 1 atom stereocenters. The first kappa shape index (κ1) is 10.3. The maximum absolute atomic E-state index is 12.6. The minimum atomic E-state index is 0.268. The molecule has 1 aliphatic carbocycles. The lowest BCUT2D eigenvalue weighted by Gasteiger charge is -2.27. The van der Waals surface area contributed by atoms with Crippen LogP contribution >= 0.6 is 0 Å². The van der Waals surface area contributed by atoms with E-state index < -0.39 is 0 Å². The molecular weight excluding hydrogens is 224 g/mol. The van der Waals surface area contributed by atoms with Crippen molar-refractivity contribution in [2.24, 2.45) is 0 Å². The number of aromatic nitrogens is 1. The summed E-state index contributed by atoms with van der Waals surface area (Å²) in [7, 11) is 0. The normalized spacial score (nSPS) is 21.3. The Morgan fingerprint density at radius 1 is 1.39 bits per heavy atom. The molecule has 0 saturated heterocycles. The zero-order valence-electron chi connectivity index (χ0n) is 10.5. The van der Waals surface area contributed by atoms with Gasteiger partial charge < -0.3 is 4.57 Å². The van der Waals surface area contributed by atoms with Crippen LogP contribution in [-0.4, -0.2) is 11.1 Å². The van der Waals surface area contributed by atoms with Gasteiger partial charge in [0, 0.05) is 29.1 Å². The van der Waals surface area contributed by atoms with Gasteiger partial charge in [-0.25, -0.2) is 0 Å². The van der Waals surface area contributed by atoms with Gasteiger partial charge in [0.15, 0.2) is 5.43 Å². The van der Waals surface area contributed by atoms with Crippen LogP contribution in [0.3, 0.4) is 0 Å². The van der Waals surface area contributed by atoms with Gasteiger partial charge in [-0.05, 0) is 31.9 Å².